The minimum atomic E-state index is -3.49. The third-order valence-electron chi connectivity index (χ3n) is 2.69. The zero-order valence-electron chi connectivity index (χ0n) is 11.6. The maximum Gasteiger partial charge on any atom is 0.278 e. The van der Waals surface area contributed by atoms with Crippen molar-refractivity contribution in [1.82, 2.24) is 19.2 Å². The lowest BCUT2D eigenvalue weighted by molar-refractivity contribution is 0.378. The Morgan fingerprint density at radius 1 is 1.33 bits per heavy atom. The van der Waals surface area contributed by atoms with Gasteiger partial charge in [0.25, 0.3) is 10.2 Å². The first kappa shape index (κ1) is 15.5. The van der Waals surface area contributed by atoms with Gasteiger partial charge in [-0.1, -0.05) is 17.3 Å². The third-order valence-corrected chi connectivity index (χ3v) is 4.22. The van der Waals surface area contributed by atoms with E-state index in [4.69, 9.17) is 4.52 Å². The molecule has 1 heterocycles. The van der Waals surface area contributed by atoms with Crippen molar-refractivity contribution in [3.63, 3.8) is 0 Å². The first-order chi connectivity index (χ1) is 9.90. The van der Waals surface area contributed by atoms with E-state index in [2.05, 4.69) is 14.9 Å². The second kappa shape index (κ2) is 6.29. The van der Waals surface area contributed by atoms with Gasteiger partial charge in [-0.05, 0) is 12.1 Å². The summed E-state index contributed by atoms with van der Waals surface area (Å²) in [4.78, 5) is 4.04. The average Bonchev–Trinajstić information content (AvgIpc) is 2.87. The van der Waals surface area contributed by atoms with Crippen molar-refractivity contribution in [2.75, 3.05) is 20.6 Å². The summed E-state index contributed by atoms with van der Waals surface area (Å²) in [5.74, 6) is -0.0774. The summed E-state index contributed by atoms with van der Waals surface area (Å²) in [5.41, 5.74) is 0.237. The Bertz CT molecular complexity index is 715. The quantitative estimate of drug-likeness (QED) is 0.852. The van der Waals surface area contributed by atoms with Gasteiger partial charge < -0.3 is 4.52 Å². The third kappa shape index (κ3) is 3.84. The van der Waals surface area contributed by atoms with Gasteiger partial charge in [0.05, 0.1) is 5.56 Å². The SMILES string of the molecule is CN(C)S(=O)(=O)NCCc1nc(-c2ccccc2F)no1. The Kier molecular flexibility index (Phi) is 4.66. The number of aromatic nitrogens is 2. The number of hydrogen-bond donors (Lipinski definition) is 1. The van der Waals surface area contributed by atoms with E-state index in [0.29, 0.717) is 0 Å². The molecule has 0 spiro atoms. The summed E-state index contributed by atoms with van der Waals surface area (Å²) in [7, 11) is -0.643. The molecule has 0 unspecified atom stereocenters. The molecule has 0 aliphatic carbocycles. The summed E-state index contributed by atoms with van der Waals surface area (Å²) < 4.78 is 44.9. The molecular formula is C12H15FN4O3S. The van der Waals surface area contributed by atoms with E-state index in [9.17, 15) is 12.8 Å². The molecule has 0 radical (unpaired) electrons. The van der Waals surface area contributed by atoms with Gasteiger partial charge in [0.2, 0.25) is 11.7 Å². The number of rotatable bonds is 6. The molecule has 1 N–H and O–H groups in total. The second-order valence-electron chi connectivity index (χ2n) is 4.42. The van der Waals surface area contributed by atoms with Crippen molar-refractivity contribution in [3.8, 4) is 11.4 Å². The number of nitrogens with one attached hydrogen (secondary N) is 1. The lowest BCUT2D eigenvalue weighted by atomic mass is 10.2. The van der Waals surface area contributed by atoms with Crippen LogP contribution >= 0.6 is 0 Å². The van der Waals surface area contributed by atoms with Crippen LogP contribution in [-0.2, 0) is 16.6 Å². The van der Waals surface area contributed by atoms with Gasteiger partial charge in [0.15, 0.2) is 0 Å². The van der Waals surface area contributed by atoms with Gasteiger partial charge in [0, 0.05) is 27.1 Å². The Balaban J connectivity index is 2.00. The summed E-state index contributed by atoms with van der Waals surface area (Å²) in [5, 5.41) is 3.68. The predicted molar refractivity (Wildman–Crippen MR) is 74.0 cm³/mol. The first-order valence-electron chi connectivity index (χ1n) is 6.15. The molecule has 114 valence electrons. The van der Waals surface area contributed by atoms with Crippen molar-refractivity contribution < 1.29 is 17.3 Å². The molecule has 1 aromatic carbocycles. The molecule has 2 aromatic rings. The minimum Gasteiger partial charge on any atom is -0.339 e. The summed E-state index contributed by atoms with van der Waals surface area (Å²) in [6.45, 7) is 0.111. The van der Waals surface area contributed by atoms with Gasteiger partial charge in [-0.2, -0.15) is 17.7 Å². The van der Waals surface area contributed by atoms with Crippen molar-refractivity contribution >= 4 is 10.2 Å². The molecule has 0 atom stereocenters. The van der Waals surface area contributed by atoms with Crippen LogP contribution in [0.25, 0.3) is 11.4 Å². The van der Waals surface area contributed by atoms with Gasteiger partial charge in [-0.3, -0.25) is 0 Å². The summed E-state index contributed by atoms with van der Waals surface area (Å²) >= 11 is 0. The number of nitrogens with zero attached hydrogens (tertiary/aromatic N) is 3. The van der Waals surface area contributed by atoms with E-state index < -0.39 is 16.0 Å². The topological polar surface area (TPSA) is 88.3 Å². The zero-order valence-corrected chi connectivity index (χ0v) is 12.4. The largest absolute Gasteiger partial charge is 0.339 e. The van der Waals surface area contributed by atoms with Crippen molar-refractivity contribution in [3.05, 3.63) is 36.0 Å². The molecule has 21 heavy (non-hydrogen) atoms. The first-order valence-corrected chi connectivity index (χ1v) is 7.59. The highest BCUT2D eigenvalue weighted by atomic mass is 32.2. The molecule has 2 rings (SSSR count). The van der Waals surface area contributed by atoms with E-state index >= 15 is 0 Å². The molecule has 9 heteroatoms. The van der Waals surface area contributed by atoms with Crippen molar-refractivity contribution in [1.29, 1.82) is 0 Å². The van der Waals surface area contributed by atoms with Gasteiger partial charge in [-0.25, -0.2) is 9.11 Å². The van der Waals surface area contributed by atoms with E-state index in [1.165, 1.54) is 20.2 Å². The van der Waals surface area contributed by atoms with Gasteiger partial charge in [0.1, 0.15) is 5.82 Å². The van der Waals surface area contributed by atoms with Crippen LogP contribution < -0.4 is 4.72 Å². The van der Waals surface area contributed by atoms with Crippen molar-refractivity contribution in [2.24, 2.45) is 0 Å². The number of halogens is 1. The molecular weight excluding hydrogens is 299 g/mol. The van der Waals surface area contributed by atoms with E-state index in [1.807, 2.05) is 0 Å². The van der Waals surface area contributed by atoms with Crippen molar-refractivity contribution in [2.45, 2.75) is 6.42 Å². The maximum atomic E-state index is 13.6. The fourth-order valence-corrected chi connectivity index (χ4v) is 2.14. The van der Waals surface area contributed by atoms with E-state index in [1.54, 1.807) is 18.2 Å². The van der Waals surface area contributed by atoms with Gasteiger partial charge in [-0.15, -0.1) is 0 Å². The molecule has 0 aliphatic rings. The standard InChI is InChI=1S/C12H15FN4O3S/c1-17(2)21(18,19)14-8-7-11-15-12(16-20-11)9-5-3-4-6-10(9)13/h3-6,14H,7-8H2,1-2H3. The van der Waals surface area contributed by atoms with Crippen LogP contribution in [0.3, 0.4) is 0 Å². The lowest BCUT2D eigenvalue weighted by Gasteiger charge is -2.11. The molecule has 0 bridgehead atoms. The normalized spacial score (nSPS) is 12.0. The van der Waals surface area contributed by atoms with Crippen LogP contribution in [-0.4, -0.2) is 43.5 Å². The van der Waals surface area contributed by atoms with E-state index in [0.717, 1.165) is 4.31 Å². The molecule has 1 aromatic heterocycles. The summed E-state index contributed by atoms with van der Waals surface area (Å²) in [6, 6.07) is 6.07. The molecule has 0 fully saturated rings. The van der Waals surface area contributed by atoms with E-state index in [-0.39, 0.29) is 30.2 Å². The number of hydrogen-bond acceptors (Lipinski definition) is 5. The second-order valence-corrected chi connectivity index (χ2v) is 6.39. The van der Waals surface area contributed by atoms with Crippen LogP contribution in [0, 0.1) is 5.82 Å². The number of benzene rings is 1. The highest BCUT2D eigenvalue weighted by Gasteiger charge is 2.15. The highest BCUT2D eigenvalue weighted by Crippen LogP contribution is 2.19. The molecule has 0 saturated carbocycles. The maximum absolute atomic E-state index is 13.6. The molecule has 0 amide bonds. The smallest absolute Gasteiger partial charge is 0.278 e. The van der Waals surface area contributed by atoms with Gasteiger partial charge >= 0.3 is 0 Å². The monoisotopic (exact) mass is 314 g/mol. The summed E-state index contributed by atoms with van der Waals surface area (Å²) in [6.07, 6.45) is 0.217. The van der Waals surface area contributed by atoms with Crippen LogP contribution in [0.5, 0.6) is 0 Å². The zero-order chi connectivity index (χ0) is 15.5. The Hall–Kier alpha value is -1.84. The average molecular weight is 314 g/mol. The Morgan fingerprint density at radius 3 is 2.71 bits per heavy atom. The van der Waals surface area contributed by atoms with Crippen LogP contribution in [0.4, 0.5) is 4.39 Å². The Morgan fingerprint density at radius 2 is 2.05 bits per heavy atom. The molecule has 7 nitrogen and oxygen atoms in total. The fraction of sp³-hybridized carbons (Fsp3) is 0.333. The Labute approximate surface area is 122 Å². The lowest BCUT2D eigenvalue weighted by Crippen LogP contribution is -2.36. The fourth-order valence-electron chi connectivity index (χ4n) is 1.52. The molecule has 0 saturated heterocycles. The van der Waals surface area contributed by atoms with Crippen LogP contribution in [0.1, 0.15) is 5.89 Å². The molecule has 0 aliphatic heterocycles. The minimum absolute atomic E-state index is 0.111. The predicted octanol–water partition coefficient (Wildman–Crippen LogP) is 0.814. The highest BCUT2D eigenvalue weighted by molar-refractivity contribution is 7.87. The van der Waals surface area contributed by atoms with Crippen LogP contribution in [0.15, 0.2) is 28.8 Å². The van der Waals surface area contributed by atoms with Crippen LogP contribution in [0.2, 0.25) is 0 Å².